The van der Waals surface area contributed by atoms with E-state index >= 15 is 0 Å². The Kier molecular flexibility index (Phi) is 3.77. The van der Waals surface area contributed by atoms with Crippen molar-refractivity contribution in [2.45, 2.75) is 6.54 Å². The lowest BCUT2D eigenvalue weighted by Crippen LogP contribution is -2.34. The number of carbonyl (C=O) groups is 1. The second kappa shape index (κ2) is 6.10. The lowest BCUT2D eigenvalue weighted by atomic mass is 10.2. The smallest absolute Gasteiger partial charge is 0.261 e. The van der Waals surface area contributed by atoms with Crippen molar-refractivity contribution < 1.29 is 4.79 Å². The summed E-state index contributed by atoms with van der Waals surface area (Å²) in [6, 6.07) is 14.8. The number of likely N-dealkylation sites (N-methyl/N-ethyl adjacent to an activating group) is 1. The number of hydrogen-bond acceptors (Lipinski definition) is 5. The van der Waals surface area contributed by atoms with Gasteiger partial charge in [-0.25, -0.2) is 9.97 Å². The number of benzene rings is 2. The molecule has 4 rings (SSSR count). The molecular weight excluding hydrogens is 336 g/mol. The Morgan fingerprint density at radius 1 is 1.12 bits per heavy atom. The van der Waals surface area contributed by atoms with Crippen LogP contribution in [0, 0.1) is 0 Å². The van der Waals surface area contributed by atoms with E-state index in [0.717, 1.165) is 10.2 Å². The van der Waals surface area contributed by atoms with Gasteiger partial charge in [0.1, 0.15) is 6.54 Å². The van der Waals surface area contributed by atoms with Crippen molar-refractivity contribution in [2.75, 3.05) is 11.9 Å². The molecule has 0 N–H and O–H groups in total. The number of nitrogens with zero attached hydrogens (tertiary/aromatic N) is 4. The highest BCUT2D eigenvalue weighted by Gasteiger charge is 2.17. The van der Waals surface area contributed by atoms with Crippen LogP contribution in [-0.4, -0.2) is 27.5 Å². The number of rotatable bonds is 3. The highest BCUT2D eigenvalue weighted by molar-refractivity contribution is 7.22. The number of carbonyl (C=O) groups excluding carboxylic acids is 1. The summed E-state index contributed by atoms with van der Waals surface area (Å²) in [4.78, 5) is 35.3. The fourth-order valence-electron chi connectivity index (χ4n) is 2.58. The maximum absolute atomic E-state index is 12.6. The van der Waals surface area contributed by atoms with Crippen LogP contribution in [0.15, 0.2) is 59.7 Å². The van der Waals surface area contributed by atoms with Crippen molar-refractivity contribution in [3.05, 3.63) is 65.2 Å². The molecule has 0 fully saturated rings. The van der Waals surface area contributed by atoms with Gasteiger partial charge in [0.05, 0.1) is 27.4 Å². The molecule has 0 aliphatic heterocycles. The fraction of sp³-hybridized carbons (Fsp3) is 0.111. The van der Waals surface area contributed by atoms with Crippen LogP contribution in [0.25, 0.3) is 21.1 Å². The number of aromatic nitrogens is 3. The summed E-state index contributed by atoms with van der Waals surface area (Å²) in [5.74, 6) is -0.224. The van der Waals surface area contributed by atoms with E-state index in [1.165, 1.54) is 27.1 Å². The predicted octanol–water partition coefficient (Wildman–Crippen LogP) is 2.67. The zero-order chi connectivity index (χ0) is 17.4. The summed E-state index contributed by atoms with van der Waals surface area (Å²) in [5.41, 5.74) is 1.25. The lowest BCUT2D eigenvalue weighted by Gasteiger charge is -2.14. The fourth-order valence-corrected chi connectivity index (χ4v) is 3.53. The van der Waals surface area contributed by atoms with Gasteiger partial charge in [0.15, 0.2) is 5.13 Å². The second-order valence-electron chi connectivity index (χ2n) is 5.61. The summed E-state index contributed by atoms with van der Waals surface area (Å²) >= 11 is 1.44. The SMILES string of the molecule is CN(C(=O)Cn1cnc2ccccc2c1=O)c1nc2ccccc2s1. The molecule has 0 saturated heterocycles. The Morgan fingerprint density at radius 2 is 1.84 bits per heavy atom. The van der Waals surface area contributed by atoms with Gasteiger partial charge in [-0.05, 0) is 24.3 Å². The Hall–Kier alpha value is -3.06. The van der Waals surface area contributed by atoms with Gasteiger partial charge in [-0.1, -0.05) is 35.6 Å². The molecule has 124 valence electrons. The number of hydrogen-bond donors (Lipinski definition) is 0. The predicted molar refractivity (Wildman–Crippen MR) is 99.0 cm³/mol. The number of amides is 1. The van der Waals surface area contributed by atoms with E-state index in [2.05, 4.69) is 9.97 Å². The number of thiazole rings is 1. The Morgan fingerprint density at radius 3 is 2.64 bits per heavy atom. The van der Waals surface area contributed by atoms with Gasteiger partial charge < -0.3 is 0 Å². The molecule has 6 nitrogen and oxygen atoms in total. The summed E-state index contributed by atoms with van der Waals surface area (Å²) in [6.45, 7) is -0.0803. The van der Waals surface area contributed by atoms with Crippen LogP contribution < -0.4 is 10.5 Å². The molecule has 2 aromatic heterocycles. The number of anilines is 1. The topological polar surface area (TPSA) is 68.1 Å². The molecule has 2 heterocycles. The zero-order valence-corrected chi connectivity index (χ0v) is 14.2. The molecule has 2 aromatic carbocycles. The Balaban J connectivity index is 1.63. The van der Waals surface area contributed by atoms with Gasteiger partial charge in [0.2, 0.25) is 5.91 Å². The van der Waals surface area contributed by atoms with Crippen molar-refractivity contribution in [3.8, 4) is 0 Å². The summed E-state index contributed by atoms with van der Waals surface area (Å²) < 4.78 is 2.34. The van der Waals surface area contributed by atoms with Crippen LogP contribution in [-0.2, 0) is 11.3 Å². The van der Waals surface area contributed by atoms with E-state index in [0.29, 0.717) is 16.0 Å². The maximum Gasteiger partial charge on any atom is 0.261 e. The van der Waals surface area contributed by atoms with Gasteiger partial charge in [0, 0.05) is 7.05 Å². The maximum atomic E-state index is 12.6. The molecule has 0 radical (unpaired) electrons. The van der Waals surface area contributed by atoms with Crippen molar-refractivity contribution >= 4 is 43.5 Å². The molecule has 7 heteroatoms. The average molecular weight is 350 g/mol. The van der Waals surface area contributed by atoms with Crippen LogP contribution in [0.3, 0.4) is 0 Å². The van der Waals surface area contributed by atoms with Crippen molar-refractivity contribution in [3.63, 3.8) is 0 Å². The van der Waals surface area contributed by atoms with E-state index in [1.807, 2.05) is 30.3 Å². The third-order valence-corrected chi connectivity index (χ3v) is 5.09. The van der Waals surface area contributed by atoms with Gasteiger partial charge in [0.25, 0.3) is 5.56 Å². The summed E-state index contributed by atoms with van der Waals surface area (Å²) in [6.07, 6.45) is 1.41. The summed E-state index contributed by atoms with van der Waals surface area (Å²) in [7, 11) is 1.67. The van der Waals surface area contributed by atoms with Crippen LogP contribution >= 0.6 is 11.3 Å². The first-order chi connectivity index (χ1) is 12.1. The first-order valence-corrected chi connectivity index (χ1v) is 8.51. The lowest BCUT2D eigenvalue weighted by molar-refractivity contribution is -0.118. The zero-order valence-electron chi connectivity index (χ0n) is 13.4. The van der Waals surface area contributed by atoms with E-state index in [-0.39, 0.29) is 18.0 Å². The van der Waals surface area contributed by atoms with Gasteiger partial charge in [-0.15, -0.1) is 0 Å². The number of fused-ring (bicyclic) bond motifs is 2. The van der Waals surface area contributed by atoms with E-state index in [4.69, 9.17) is 0 Å². The molecule has 0 saturated carbocycles. The average Bonchev–Trinajstić information content (AvgIpc) is 3.07. The Labute approximate surface area is 147 Å². The van der Waals surface area contributed by atoms with E-state index in [1.54, 1.807) is 25.2 Å². The molecule has 0 atom stereocenters. The number of para-hydroxylation sites is 2. The first kappa shape index (κ1) is 15.5. The highest BCUT2D eigenvalue weighted by Crippen LogP contribution is 2.27. The molecule has 0 aliphatic carbocycles. The molecule has 0 bridgehead atoms. The van der Waals surface area contributed by atoms with Crippen LogP contribution in [0.4, 0.5) is 5.13 Å². The van der Waals surface area contributed by atoms with E-state index in [9.17, 15) is 9.59 Å². The minimum Gasteiger partial charge on any atom is -0.290 e. The standard InChI is InChI=1S/C18H14N4O2S/c1-21(18-20-14-8-4-5-9-15(14)25-18)16(23)10-22-11-19-13-7-3-2-6-12(13)17(22)24/h2-9,11H,10H2,1H3. The van der Waals surface area contributed by atoms with Crippen molar-refractivity contribution in [2.24, 2.45) is 0 Å². The second-order valence-corrected chi connectivity index (χ2v) is 6.62. The molecule has 0 unspecified atom stereocenters. The largest absolute Gasteiger partial charge is 0.290 e. The van der Waals surface area contributed by atoms with Crippen LogP contribution in [0.5, 0.6) is 0 Å². The summed E-state index contributed by atoms with van der Waals surface area (Å²) in [5, 5.41) is 1.11. The van der Waals surface area contributed by atoms with E-state index < -0.39 is 0 Å². The quantitative estimate of drug-likeness (QED) is 0.570. The van der Waals surface area contributed by atoms with Crippen molar-refractivity contribution in [1.29, 1.82) is 0 Å². The van der Waals surface area contributed by atoms with Gasteiger partial charge >= 0.3 is 0 Å². The van der Waals surface area contributed by atoms with Crippen LogP contribution in [0.2, 0.25) is 0 Å². The third-order valence-electron chi connectivity index (χ3n) is 3.98. The van der Waals surface area contributed by atoms with Gasteiger partial charge in [-0.2, -0.15) is 0 Å². The Bertz CT molecular complexity index is 1120. The minimum atomic E-state index is -0.225. The first-order valence-electron chi connectivity index (χ1n) is 7.70. The van der Waals surface area contributed by atoms with Gasteiger partial charge in [-0.3, -0.25) is 19.1 Å². The third kappa shape index (κ3) is 2.78. The molecule has 25 heavy (non-hydrogen) atoms. The molecular formula is C18H14N4O2S. The highest BCUT2D eigenvalue weighted by atomic mass is 32.1. The minimum absolute atomic E-state index is 0.0803. The monoisotopic (exact) mass is 350 g/mol. The van der Waals surface area contributed by atoms with Crippen LogP contribution in [0.1, 0.15) is 0 Å². The molecule has 0 aliphatic rings. The molecule has 4 aromatic rings. The molecule has 0 spiro atoms. The normalized spacial score (nSPS) is 11.1. The molecule has 1 amide bonds. The van der Waals surface area contributed by atoms with Crippen molar-refractivity contribution in [1.82, 2.24) is 14.5 Å².